The number of nitrogens with one attached hydrogen (secondary N) is 2. The molecule has 0 aromatic rings. The summed E-state index contributed by atoms with van der Waals surface area (Å²) in [7, 11) is 3.48. The van der Waals surface area contributed by atoms with E-state index in [-0.39, 0.29) is 29.6 Å². The maximum Gasteiger partial charge on any atom is 0.191 e. The van der Waals surface area contributed by atoms with Gasteiger partial charge in [0.2, 0.25) is 0 Å². The average molecular weight is 429 g/mol. The van der Waals surface area contributed by atoms with Gasteiger partial charge in [-0.05, 0) is 33.1 Å². The van der Waals surface area contributed by atoms with Crippen molar-refractivity contribution in [2.45, 2.75) is 44.8 Å². The molecule has 1 unspecified atom stereocenters. The molecule has 132 valence electrons. The highest BCUT2D eigenvalue weighted by Crippen LogP contribution is 2.11. The Balaban J connectivity index is 0.00000441. The van der Waals surface area contributed by atoms with Crippen LogP contribution in [-0.2, 0) is 14.2 Å². The summed E-state index contributed by atoms with van der Waals surface area (Å²) in [6, 6.07) is 0. The van der Waals surface area contributed by atoms with Gasteiger partial charge in [0.25, 0.3) is 0 Å². The van der Waals surface area contributed by atoms with Crippen molar-refractivity contribution in [1.29, 1.82) is 0 Å². The number of nitrogens with zero attached hydrogens (tertiary/aromatic N) is 1. The van der Waals surface area contributed by atoms with Crippen LogP contribution in [0, 0.1) is 0 Å². The number of halogens is 1. The van der Waals surface area contributed by atoms with Gasteiger partial charge in [-0.2, -0.15) is 0 Å². The first-order valence-electron chi connectivity index (χ1n) is 7.76. The Morgan fingerprint density at radius 1 is 1.36 bits per heavy atom. The molecule has 1 saturated heterocycles. The lowest BCUT2D eigenvalue weighted by atomic mass is 10.1. The molecule has 22 heavy (non-hydrogen) atoms. The quantitative estimate of drug-likeness (QED) is 0.253. The van der Waals surface area contributed by atoms with E-state index in [0.717, 1.165) is 51.6 Å². The molecule has 0 radical (unpaired) electrons. The molecule has 0 aromatic heterocycles. The summed E-state index contributed by atoms with van der Waals surface area (Å²) in [6.45, 7) is 7.95. The number of ether oxygens (including phenoxy) is 3. The lowest BCUT2D eigenvalue weighted by molar-refractivity contribution is 0.0168. The van der Waals surface area contributed by atoms with Gasteiger partial charge < -0.3 is 24.8 Å². The second-order valence-corrected chi connectivity index (χ2v) is 5.88. The highest BCUT2D eigenvalue weighted by Gasteiger charge is 2.16. The van der Waals surface area contributed by atoms with Crippen LogP contribution in [0.3, 0.4) is 0 Å². The summed E-state index contributed by atoms with van der Waals surface area (Å²) in [5.74, 6) is 0.791. The van der Waals surface area contributed by atoms with Crippen molar-refractivity contribution in [1.82, 2.24) is 10.6 Å². The lowest BCUT2D eigenvalue weighted by Crippen LogP contribution is -2.45. The molecule has 6 nitrogen and oxygen atoms in total. The first-order chi connectivity index (χ1) is 10.1. The molecule has 1 heterocycles. The Hall–Kier alpha value is -0.120. The summed E-state index contributed by atoms with van der Waals surface area (Å²) in [6.07, 6.45) is 3.55. The molecular weight excluding hydrogens is 397 g/mol. The molecule has 0 aromatic carbocycles. The fraction of sp³-hybridized carbons (Fsp3) is 0.933. The zero-order chi connectivity index (χ0) is 15.6. The van der Waals surface area contributed by atoms with E-state index in [0.29, 0.717) is 12.6 Å². The van der Waals surface area contributed by atoms with Gasteiger partial charge in [0.05, 0.1) is 18.3 Å². The van der Waals surface area contributed by atoms with Crippen LogP contribution in [0.4, 0.5) is 0 Å². The van der Waals surface area contributed by atoms with Crippen LogP contribution in [0.5, 0.6) is 0 Å². The summed E-state index contributed by atoms with van der Waals surface area (Å²) in [5, 5.41) is 6.52. The molecule has 0 amide bonds. The predicted octanol–water partition coefficient (Wildman–Crippen LogP) is 1.78. The summed E-state index contributed by atoms with van der Waals surface area (Å²) in [5.41, 5.74) is -0.206. The van der Waals surface area contributed by atoms with Crippen molar-refractivity contribution >= 4 is 29.9 Å². The van der Waals surface area contributed by atoms with Crippen molar-refractivity contribution in [3.05, 3.63) is 0 Å². The molecule has 0 spiro atoms. The molecule has 0 bridgehead atoms. The number of methoxy groups -OCH3 is 1. The number of aliphatic imine (C=N–C) groups is 1. The van der Waals surface area contributed by atoms with Crippen LogP contribution in [0.25, 0.3) is 0 Å². The van der Waals surface area contributed by atoms with Gasteiger partial charge in [0.1, 0.15) is 0 Å². The summed E-state index contributed by atoms with van der Waals surface area (Å²) in [4.78, 5) is 4.18. The Bertz CT molecular complexity index is 308. The monoisotopic (exact) mass is 429 g/mol. The van der Waals surface area contributed by atoms with E-state index < -0.39 is 0 Å². The molecule has 7 heteroatoms. The van der Waals surface area contributed by atoms with Gasteiger partial charge in [-0.3, -0.25) is 4.99 Å². The van der Waals surface area contributed by atoms with Crippen LogP contribution in [0.15, 0.2) is 4.99 Å². The molecule has 0 saturated carbocycles. The Morgan fingerprint density at radius 3 is 2.73 bits per heavy atom. The maximum atomic E-state index is 5.62. The standard InChI is InChI=1S/C15H31N3O3.HI/c1-15(2,19-4)12-18-14(16-3)17-8-6-9-20-11-13-7-5-10-21-13;/h13H,5-12H2,1-4H3,(H2,16,17,18);1H. The first kappa shape index (κ1) is 21.9. The molecule has 0 aliphatic carbocycles. The van der Waals surface area contributed by atoms with E-state index in [9.17, 15) is 0 Å². The van der Waals surface area contributed by atoms with Crippen molar-refractivity contribution in [3.8, 4) is 0 Å². The number of hydrogen-bond donors (Lipinski definition) is 2. The Kier molecular flexibility index (Phi) is 12.3. The van der Waals surface area contributed by atoms with Crippen LogP contribution in [0.1, 0.15) is 33.1 Å². The zero-order valence-corrected chi connectivity index (χ0v) is 16.6. The SMILES string of the molecule is CN=C(NCCCOCC1CCCO1)NCC(C)(C)OC.I. The molecule has 2 N–H and O–H groups in total. The minimum Gasteiger partial charge on any atom is -0.379 e. The summed E-state index contributed by atoms with van der Waals surface area (Å²) < 4.78 is 16.5. The van der Waals surface area contributed by atoms with Crippen molar-refractivity contribution in [3.63, 3.8) is 0 Å². The third-order valence-electron chi connectivity index (χ3n) is 3.54. The van der Waals surface area contributed by atoms with Crippen molar-refractivity contribution in [2.75, 3.05) is 47.1 Å². The van der Waals surface area contributed by atoms with Crippen LogP contribution < -0.4 is 10.6 Å². The molecule has 1 aliphatic rings. The second kappa shape index (κ2) is 12.3. The van der Waals surface area contributed by atoms with Crippen LogP contribution >= 0.6 is 24.0 Å². The molecule has 1 rings (SSSR count). The Morgan fingerprint density at radius 2 is 2.14 bits per heavy atom. The van der Waals surface area contributed by atoms with E-state index in [1.54, 1.807) is 14.2 Å². The number of rotatable bonds is 9. The third-order valence-corrected chi connectivity index (χ3v) is 3.54. The van der Waals surface area contributed by atoms with E-state index in [1.165, 1.54) is 0 Å². The van der Waals surface area contributed by atoms with Gasteiger partial charge in [-0.15, -0.1) is 24.0 Å². The molecular formula is C15H32IN3O3. The van der Waals surface area contributed by atoms with Crippen LogP contribution in [0.2, 0.25) is 0 Å². The lowest BCUT2D eigenvalue weighted by Gasteiger charge is -2.24. The van der Waals surface area contributed by atoms with E-state index in [1.807, 2.05) is 13.8 Å². The minimum atomic E-state index is -0.206. The third kappa shape index (κ3) is 9.81. The Labute approximate surface area is 151 Å². The second-order valence-electron chi connectivity index (χ2n) is 5.88. The summed E-state index contributed by atoms with van der Waals surface area (Å²) >= 11 is 0. The van der Waals surface area contributed by atoms with Crippen molar-refractivity contribution < 1.29 is 14.2 Å². The molecule has 1 aliphatic heterocycles. The average Bonchev–Trinajstić information content (AvgIpc) is 2.99. The fourth-order valence-electron chi connectivity index (χ4n) is 1.96. The topological polar surface area (TPSA) is 64.1 Å². The van der Waals surface area contributed by atoms with Gasteiger partial charge >= 0.3 is 0 Å². The van der Waals surface area contributed by atoms with Crippen molar-refractivity contribution in [2.24, 2.45) is 4.99 Å². The van der Waals surface area contributed by atoms with Gasteiger partial charge in [-0.25, -0.2) is 0 Å². The van der Waals surface area contributed by atoms with Gasteiger partial charge in [0, 0.05) is 40.5 Å². The van der Waals surface area contributed by atoms with Gasteiger partial charge in [-0.1, -0.05) is 0 Å². The molecule has 1 fully saturated rings. The number of hydrogen-bond acceptors (Lipinski definition) is 4. The van der Waals surface area contributed by atoms with Crippen LogP contribution in [-0.4, -0.2) is 64.7 Å². The highest BCUT2D eigenvalue weighted by atomic mass is 127. The van der Waals surface area contributed by atoms with E-state index in [2.05, 4.69) is 15.6 Å². The van der Waals surface area contributed by atoms with E-state index >= 15 is 0 Å². The van der Waals surface area contributed by atoms with Gasteiger partial charge in [0.15, 0.2) is 5.96 Å². The first-order valence-corrected chi connectivity index (χ1v) is 7.76. The van der Waals surface area contributed by atoms with E-state index in [4.69, 9.17) is 14.2 Å². The molecule has 1 atom stereocenters. The largest absolute Gasteiger partial charge is 0.379 e. The normalized spacial score (nSPS) is 18.9. The number of guanidine groups is 1. The minimum absolute atomic E-state index is 0. The maximum absolute atomic E-state index is 5.62. The fourth-order valence-corrected chi connectivity index (χ4v) is 1.96. The predicted molar refractivity (Wildman–Crippen MR) is 100 cm³/mol. The smallest absolute Gasteiger partial charge is 0.191 e. The zero-order valence-electron chi connectivity index (χ0n) is 14.3. The highest BCUT2D eigenvalue weighted by molar-refractivity contribution is 14.0.